The van der Waals surface area contributed by atoms with Gasteiger partial charge in [0.05, 0.1) is 18.7 Å². The number of nitrogens with two attached hydrogens (primary N) is 1. The van der Waals surface area contributed by atoms with Crippen LogP contribution in [-0.2, 0) is 19.1 Å². The fraction of sp³-hybridized carbons (Fsp3) is 0.357. The Morgan fingerprint density at radius 3 is 2.67 bits per heavy atom. The highest BCUT2D eigenvalue weighted by Gasteiger charge is 2.42. The van der Waals surface area contributed by atoms with Crippen molar-refractivity contribution in [3.05, 3.63) is 29.3 Å². The molecule has 0 bridgehead atoms. The van der Waals surface area contributed by atoms with Crippen molar-refractivity contribution in [2.75, 3.05) is 18.1 Å². The number of rotatable bonds is 5. The molecular formula is C14H16ClN2O4+. The number of anilines is 1. The van der Waals surface area contributed by atoms with E-state index >= 15 is 0 Å². The van der Waals surface area contributed by atoms with E-state index in [0.29, 0.717) is 17.3 Å². The van der Waals surface area contributed by atoms with Gasteiger partial charge in [0.25, 0.3) is 5.91 Å². The monoisotopic (exact) mass is 311 g/mol. The van der Waals surface area contributed by atoms with Crippen LogP contribution in [0.15, 0.2) is 24.3 Å². The predicted octanol–water partition coefficient (Wildman–Crippen LogP) is 0.0984. The van der Waals surface area contributed by atoms with Gasteiger partial charge in [0.15, 0.2) is 12.6 Å². The molecule has 0 saturated carbocycles. The summed E-state index contributed by atoms with van der Waals surface area (Å²) in [6.07, 6.45) is 0.0703. The smallest absolute Gasteiger partial charge is 0.361 e. The number of carbonyl (C=O) groups excluding carboxylic acids is 3. The molecule has 1 aliphatic heterocycles. The van der Waals surface area contributed by atoms with Gasteiger partial charge < -0.3 is 10.1 Å². The lowest BCUT2D eigenvalue weighted by Gasteiger charge is -2.14. The van der Waals surface area contributed by atoms with Crippen molar-refractivity contribution in [3.8, 4) is 0 Å². The Hall–Kier alpha value is -1.92. The molecule has 21 heavy (non-hydrogen) atoms. The third kappa shape index (κ3) is 3.59. The van der Waals surface area contributed by atoms with Crippen molar-refractivity contribution in [3.63, 3.8) is 0 Å². The molecule has 0 unspecified atom stereocenters. The van der Waals surface area contributed by atoms with Gasteiger partial charge in [-0.3, -0.25) is 9.59 Å². The zero-order valence-corrected chi connectivity index (χ0v) is 12.3. The van der Waals surface area contributed by atoms with Crippen molar-refractivity contribution in [1.29, 1.82) is 0 Å². The summed E-state index contributed by atoms with van der Waals surface area (Å²) in [7, 11) is 0. The zero-order valence-electron chi connectivity index (χ0n) is 11.5. The van der Waals surface area contributed by atoms with Gasteiger partial charge in [0.1, 0.15) is 0 Å². The minimum Gasteiger partial charge on any atom is -0.462 e. The number of quaternary nitrogens is 1. The molecule has 0 aromatic heterocycles. The van der Waals surface area contributed by atoms with Gasteiger partial charge in [-0.1, -0.05) is 11.6 Å². The summed E-state index contributed by atoms with van der Waals surface area (Å²) in [5.74, 6) is -1.01. The third-order valence-electron chi connectivity index (χ3n) is 3.14. The lowest BCUT2D eigenvalue weighted by atomic mass is 10.2. The van der Waals surface area contributed by atoms with Crippen LogP contribution >= 0.6 is 11.6 Å². The third-order valence-corrected chi connectivity index (χ3v) is 3.39. The van der Waals surface area contributed by atoms with E-state index in [4.69, 9.17) is 16.3 Å². The summed E-state index contributed by atoms with van der Waals surface area (Å²) in [4.78, 5) is 36.7. The number of esters is 1. The van der Waals surface area contributed by atoms with Gasteiger partial charge in [-0.15, -0.1) is 0 Å². The molecule has 2 N–H and O–H groups in total. The highest BCUT2D eigenvalue weighted by Crippen LogP contribution is 2.23. The summed E-state index contributed by atoms with van der Waals surface area (Å²) in [5.41, 5.74) is 0.487. The normalized spacial score (nSPS) is 18.2. The highest BCUT2D eigenvalue weighted by atomic mass is 35.5. The molecule has 0 radical (unpaired) electrons. The van der Waals surface area contributed by atoms with Gasteiger partial charge >= 0.3 is 5.97 Å². The minimum absolute atomic E-state index is 0.0198. The van der Waals surface area contributed by atoms with Crippen LogP contribution in [0.1, 0.15) is 13.3 Å². The second kappa shape index (κ2) is 6.69. The number of benzene rings is 1. The molecule has 0 spiro atoms. The predicted molar refractivity (Wildman–Crippen MR) is 75.8 cm³/mol. The molecule has 1 aliphatic rings. The first-order valence-electron chi connectivity index (χ1n) is 6.64. The number of hydrogen-bond acceptors (Lipinski definition) is 4. The summed E-state index contributed by atoms with van der Waals surface area (Å²) in [5, 5.41) is 2.07. The number of nitrogens with zero attached hydrogens (tertiary/aromatic N) is 1. The molecule has 1 atom stereocenters. The van der Waals surface area contributed by atoms with E-state index in [1.807, 2.05) is 0 Å². The average molecular weight is 312 g/mol. The van der Waals surface area contributed by atoms with Gasteiger partial charge in [-0.05, 0) is 31.2 Å². The Morgan fingerprint density at radius 2 is 2.05 bits per heavy atom. The first kappa shape index (κ1) is 15.5. The lowest BCUT2D eigenvalue weighted by molar-refractivity contribution is -0.665. The molecule has 1 saturated heterocycles. The van der Waals surface area contributed by atoms with E-state index in [0.717, 1.165) is 4.90 Å². The molecule has 1 heterocycles. The molecular weight excluding hydrogens is 296 g/mol. The van der Waals surface area contributed by atoms with E-state index in [-0.39, 0.29) is 24.8 Å². The fourth-order valence-electron chi connectivity index (χ4n) is 2.16. The quantitative estimate of drug-likeness (QED) is 0.618. The molecule has 112 valence electrons. The summed E-state index contributed by atoms with van der Waals surface area (Å²) in [6.45, 7) is 2.03. The fourth-order valence-corrected chi connectivity index (χ4v) is 2.29. The van der Waals surface area contributed by atoms with Crippen molar-refractivity contribution in [2.24, 2.45) is 0 Å². The summed E-state index contributed by atoms with van der Waals surface area (Å²) < 4.78 is 4.79. The molecule has 2 rings (SSSR count). The van der Waals surface area contributed by atoms with Crippen LogP contribution in [0.5, 0.6) is 0 Å². The molecule has 0 aliphatic carbocycles. The van der Waals surface area contributed by atoms with Crippen molar-refractivity contribution in [1.82, 2.24) is 0 Å². The topological polar surface area (TPSA) is 80.3 Å². The van der Waals surface area contributed by atoms with Crippen LogP contribution in [0.4, 0.5) is 5.69 Å². The van der Waals surface area contributed by atoms with E-state index < -0.39 is 12.0 Å². The largest absolute Gasteiger partial charge is 0.462 e. The molecule has 2 amide bonds. The molecule has 6 nitrogen and oxygen atoms in total. The maximum Gasteiger partial charge on any atom is 0.361 e. The lowest BCUT2D eigenvalue weighted by Crippen LogP contribution is -2.93. The maximum absolute atomic E-state index is 12.3. The van der Waals surface area contributed by atoms with E-state index in [1.165, 1.54) is 5.32 Å². The summed E-state index contributed by atoms with van der Waals surface area (Å²) >= 11 is 5.79. The number of halogens is 1. The van der Waals surface area contributed by atoms with Gasteiger partial charge in [0, 0.05) is 5.02 Å². The Labute approximate surface area is 127 Å². The Morgan fingerprint density at radius 1 is 1.38 bits per heavy atom. The van der Waals surface area contributed by atoms with E-state index in [1.54, 1.807) is 31.2 Å². The van der Waals surface area contributed by atoms with Crippen molar-refractivity contribution in [2.45, 2.75) is 19.4 Å². The number of ether oxygens (including phenoxy) is 1. The zero-order chi connectivity index (χ0) is 15.4. The van der Waals surface area contributed by atoms with Gasteiger partial charge in [-0.25, -0.2) is 9.69 Å². The Bertz CT molecular complexity index is 559. The minimum atomic E-state index is -0.586. The van der Waals surface area contributed by atoms with Crippen LogP contribution in [0.2, 0.25) is 5.02 Å². The van der Waals surface area contributed by atoms with Crippen LogP contribution in [0.3, 0.4) is 0 Å². The standard InChI is InChI=1S/C14H15ClN2O4/c1-2-21-13(19)8-16-11-7-12(18)17(14(11)20)10-5-3-9(15)4-6-10/h3-6,11,16H,2,7-8H2,1H3/p+1/t11-/m0/s1. The highest BCUT2D eigenvalue weighted by molar-refractivity contribution is 6.30. The van der Waals surface area contributed by atoms with E-state index in [9.17, 15) is 14.4 Å². The van der Waals surface area contributed by atoms with Crippen LogP contribution in [0, 0.1) is 0 Å². The molecule has 1 aromatic carbocycles. The van der Waals surface area contributed by atoms with Crippen molar-refractivity contribution < 1.29 is 24.4 Å². The molecule has 7 heteroatoms. The van der Waals surface area contributed by atoms with Crippen LogP contribution < -0.4 is 10.2 Å². The van der Waals surface area contributed by atoms with Gasteiger partial charge in [-0.2, -0.15) is 0 Å². The van der Waals surface area contributed by atoms with Crippen LogP contribution in [0.25, 0.3) is 0 Å². The maximum atomic E-state index is 12.3. The number of imide groups is 1. The number of carbonyl (C=O) groups is 3. The first-order valence-corrected chi connectivity index (χ1v) is 7.02. The van der Waals surface area contributed by atoms with Gasteiger partial charge in [0.2, 0.25) is 5.91 Å². The van der Waals surface area contributed by atoms with E-state index in [2.05, 4.69) is 0 Å². The number of amides is 2. The second-order valence-corrected chi connectivity index (χ2v) is 5.04. The molecule has 1 fully saturated rings. The molecule has 1 aromatic rings. The Balaban J connectivity index is 2.03. The second-order valence-electron chi connectivity index (χ2n) is 4.60. The first-order chi connectivity index (χ1) is 10.0. The average Bonchev–Trinajstić information content (AvgIpc) is 2.73. The summed E-state index contributed by atoms with van der Waals surface area (Å²) in [6, 6.07) is 5.88. The number of hydrogen-bond donors (Lipinski definition) is 1. The SMILES string of the molecule is CCOC(=O)C[NH2+][C@H]1CC(=O)N(c2ccc(Cl)cc2)C1=O. The van der Waals surface area contributed by atoms with Crippen molar-refractivity contribution >= 4 is 35.1 Å². The Kier molecular flexibility index (Phi) is 4.93. The van der Waals surface area contributed by atoms with Crippen LogP contribution in [-0.4, -0.2) is 37.0 Å².